The molecule has 0 spiro atoms. The summed E-state index contributed by atoms with van der Waals surface area (Å²) in [6.45, 7) is 2.24. The van der Waals surface area contributed by atoms with Gasteiger partial charge in [0, 0.05) is 12.7 Å². The summed E-state index contributed by atoms with van der Waals surface area (Å²) in [7, 11) is 1.31. The number of esters is 1. The Morgan fingerprint density at radius 2 is 2.05 bits per heavy atom. The first-order valence-electron chi connectivity index (χ1n) is 5.97. The molecular formula is C14H18N2O3. The minimum Gasteiger partial charge on any atom is -0.469 e. The molecule has 0 fully saturated rings. The Morgan fingerprint density at radius 3 is 2.74 bits per heavy atom. The van der Waals surface area contributed by atoms with Gasteiger partial charge in [-0.1, -0.05) is 24.3 Å². The van der Waals surface area contributed by atoms with Gasteiger partial charge in [-0.05, 0) is 24.1 Å². The summed E-state index contributed by atoms with van der Waals surface area (Å²) in [4.78, 5) is 22.2. The fraction of sp³-hybridized carbons (Fsp3) is 0.286. The maximum Gasteiger partial charge on any atom is 0.318 e. The first kappa shape index (κ1) is 14.8. The molecule has 0 bridgehead atoms. The van der Waals surface area contributed by atoms with Crippen LogP contribution in [0.5, 0.6) is 0 Å². The molecule has 1 rings (SSSR count). The zero-order chi connectivity index (χ0) is 14.1. The van der Waals surface area contributed by atoms with Crippen LogP contribution >= 0.6 is 0 Å². The predicted molar refractivity (Wildman–Crippen MR) is 73.4 cm³/mol. The number of nitrogens with one attached hydrogen (secondary N) is 2. The van der Waals surface area contributed by atoms with Gasteiger partial charge in [0.25, 0.3) is 0 Å². The van der Waals surface area contributed by atoms with E-state index in [4.69, 9.17) is 0 Å². The van der Waals surface area contributed by atoms with Crippen LogP contribution < -0.4 is 10.6 Å². The van der Waals surface area contributed by atoms with Crippen molar-refractivity contribution in [2.75, 3.05) is 13.7 Å². The van der Waals surface area contributed by atoms with Gasteiger partial charge in [-0.2, -0.15) is 0 Å². The van der Waals surface area contributed by atoms with Crippen molar-refractivity contribution in [2.45, 2.75) is 13.3 Å². The lowest BCUT2D eigenvalue weighted by Gasteiger charge is -2.03. The van der Waals surface area contributed by atoms with Crippen molar-refractivity contribution in [3.8, 4) is 0 Å². The number of rotatable bonds is 5. The van der Waals surface area contributed by atoms with Gasteiger partial charge in [-0.3, -0.25) is 4.79 Å². The quantitative estimate of drug-likeness (QED) is 0.795. The van der Waals surface area contributed by atoms with Crippen LogP contribution in [0.2, 0.25) is 0 Å². The molecule has 0 radical (unpaired) electrons. The molecule has 19 heavy (non-hydrogen) atoms. The first-order valence-corrected chi connectivity index (χ1v) is 5.97. The summed E-state index contributed by atoms with van der Waals surface area (Å²) in [6.07, 6.45) is 3.54. The molecule has 0 aliphatic heterocycles. The van der Waals surface area contributed by atoms with E-state index in [0.717, 1.165) is 11.1 Å². The summed E-state index contributed by atoms with van der Waals surface area (Å²) in [5.74, 6) is -0.351. The Kier molecular flexibility index (Phi) is 6.15. The van der Waals surface area contributed by atoms with Crippen molar-refractivity contribution >= 4 is 18.1 Å². The first-order chi connectivity index (χ1) is 9.13. The third kappa shape index (κ3) is 5.72. The number of carbonyl (C=O) groups is 2. The highest BCUT2D eigenvalue weighted by molar-refractivity contribution is 5.77. The van der Waals surface area contributed by atoms with E-state index >= 15 is 0 Å². The van der Waals surface area contributed by atoms with Crippen LogP contribution in [0.4, 0.5) is 4.79 Å². The highest BCUT2D eigenvalue weighted by Gasteiger charge is 2.01. The predicted octanol–water partition coefficient (Wildman–Crippen LogP) is 1.83. The lowest BCUT2D eigenvalue weighted by molar-refractivity contribution is -0.140. The number of methoxy groups -OCH3 is 1. The van der Waals surface area contributed by atoms with Crippen molar-refractivity contribution < 1.29 is 14.3 Å². The van der Waals surface area contributed by atoms with E-state index < -0.39 is 0 Å². The van der Waals surface area contributed by atoms with Gasteiger partial charge in [-0.25, -0.2) is 4.79 Å². The minimum atomic E-state index is -0.353. The Labute approximate surface area is 112 Å². The van der Waals surface area contributed by atoms with Gasteiger partial charge in [0.15, 0.2) is 0 Å². The lowest BCUT2D eigenvalue weighted by atomic mass is 10.1. The number of hydrogen-bond donors (Lipinski definition) is 2. The average molecular weight is 262 g/mol. The summed E-state index contributed by atoms with van der Waals surface area (Å²) >= 11 is 0. The molecule has 1 aromatic rings. The lowest BCUT2D eigenvalue weighted by Crippen LogP contribution is -2.33. The van der Waals surface area contributed by atoms with Crippen LogP contribution in [0.3, 0.4) is 0 Å². The Morgan fingerprint density at radius 1 is 1.32 bits per heavy atom. The number of benzene rings is 1. The monoisotopic (exact) mass is 262 g/mol. The second kappa shape index (κ2) is 7.92. The topological polar surface area (TPSA) is 67.4 Å². The summed E-state index contributed by atoms with van der Waals surface area (Å²) in [5.41, 5.74) is 2.17. The van der Waals surface area contributed by atoms with Gasteiger partial charge >= 0.3 is 12.0 Å². The maximum absolute atomic E-state index is 11.4. The second-order valence-corrected chi connectivity index (χ2v) is 3.92. The number of ether oxygens (including phenoxy) is 1. The average Bonchev–Trinajstić information content (AvgIpc) is 2.40. The largest absolute Gasteiger partial charge is 0.469 e. The standard InChI is InChI=1S/C14H18N2O3/c1-11-5-3-4-6-12(11)7-9-15-14(18)16-10-8-13(17)19-2/h3-7,9H,8,10H2,1-2H3,(H2,15,16,18)/b9-7+. The molecule has 0 unspecified atom stereocenters. The summed E-state index contributed by atoms with van der Waals surface area (Å²) in [5, 5.41) is 5.11. The molecule has 0 aliphatic rings. The molecule has 5 heteroatoms. The normalized spacial score (nSPS) is 10.2. The fourth-order valence-corrected chi connectivity index (χ4v) is 1.41. The molecule has 0 atom stereocenters. The van der Waals surface area contributed by atoms with Crippen molar-refractivity contribution in [1.29, 1.82) is 0 Å². The van der Waals surface area contributed by atoms with E-state index in [2.05, 4.69) is 15.4 Å². The summed E-state index contributed by atoms with van der Waals surface area (Å²) < 4.78 is 4.46. The van der Waals surface area contributed by atoms with Crippen LogP contribution in [-0.2, 0) is 9.53 Å². The van der Waals surface area contributed by atoms with Crippen LogP contribution in [0.1, 0.15) is 17.5 Å². The Bertz CT molecular complexity index is 470. The molecule has 102 valence electrons. The zero-order valence-corrected chi connectivity index (χ0v) is 11.1. The van der Waals surface area contributed by atoms with Gasteiger partial charge in [-0.15, -0.1) is 0 Å². The van der Waals surface area contributed by atoms with Crippen molar-refractivity contribution in [3.63, 3.8) is 0 Å². The van der Waals surface area contributed by atoms with E-state index in [0.29, 0.717) is 0 Å². The number of carbonyl (C=O) groups excluding carboxylic acids is 2. The highest BCUT2D eigenvalue weighted by atomic mass is 16.5. The molecule has 0 aromatic heterocycles. The van der Waals surface area contributed by atoms with Gasteiger partial charge in [0.2, 0.25) is 0 Å². The van der Waals surface area contributed by atoms with Crippen LogP contribution in [0.25, 0.3) is 6.08 Å². The third-order valence-corrected chi connectivity index (χ3v) is 2.51. The van der Waals surface area contributed by atoms with Crippen LogP contribution in [0, 0.1) is 6.92 Å². The summed E-state index contributed by atoms with van der Waals surface area (Å²) in [6, 6.07) is 7.50. The molecule has 0 aliphatic carbocycles. The molecule has 5 nitrogen and oxygen atoms in total. The van der Waals surface area contributed by atoms with E-state index in [1.807, 2.05) is 37.3 Å². The van der Waals surface area contributed by atoms with E-state index in [-0.39, 0.29) is 25.0 Å². The molecule has 2 amide bonds. The molecule has 1 aromatic carbocycles. The Balaban J connectivity index is 2.30. The smallest absolute Gasteiger partial charge is 0.318 e. The third-order valence-electron chi connectivity index (χ3n) is 2.51. The van der Waals surface area contributed by atoms with E-state index in [1.54, 1.807) is 6.20 Å². The number of aryl methyl sites for hydroxylation is 1. The number of hydrogen-bond acceptors (Lipinski definition) is 3. The highest BCUT2D eigenvalue weighted by Crippen LogP contribution is 2.07. The Hall–Kier alpha value is -2.30. The van der Waals surface area contributed by atoms with Gasteiger partial charge in [0.05, 0.1) is 13.5 Å². The fourth-order valence-electron chi connectivity index (χ4n) is 1.41. The van der Waals surface area contributed by atoms with Crippen molar-refractivity contribution in [2.24, 2.45) is 0 Å². The van der Waals surface area contributed by atoms with E-state index in [1.165, 1.54) is 7.11 Å². The number of amides is 2. The van der Waals surface area contributed by atoms with Crippen LogP contribution in [0.15, 0.2) is 30.5 Å². The second-order valence-electron chi connectivity index (χ2n) is 3.92. The van der Waals surface area contributed by atoms with Gasteiger partial charge < -0.3 is 15.4 Å². The molecule has 0 heterocycles. The number of urea groups is 1. The molecule has 0 saturated carbocycles. The van der Waals surface area contributed by atoms with Crippen molar-refractivity contribution in [3.05, 3.63) is 41.6 Å². The van der Waals surface area contributed by atoms with Crippen molar-refractivity contribution in [1.82, 2.24) is 10.6 Å². The molecule has 0 saturated heterocycles. The SMILES string of the molecule is COC(=O)CCNC(=O)N/C=C/c1ccccc1C. The molecule has 2 N–H and O–H groups in total. The zero-order valence-electron chi connectivity index (χ0n) is 11.1. The van der Waals surface area contributed by atoms with Crippen LogP contribution in [-0.4, -0.2) is 25.7 Å². The van der Waals surface area contributed by atoms with Gasteiger partial charge in [0.1, 0.15) is 0 Å². The minimum absolute atomic E-state index is 0.158. The maximum atomic E-state index is 11.4. The van der Waals surface area contributed by atoms with E-state index in [9.17, 15) is 9.59 Å². The molecular weight excluding hydrogens is 244 g/mol.